The molecule has 0 radical (unpaired) electrons. The molecule has 0 unspecified atom stereocenters. The average Bonchev–Trinajstić information content (AvgIpc) is 3.14. The van der Waals surface area contributed by atoms with Crippen LogP contribution in [0.4, 0.5) is 0 Å². The standard InChI is InChI=1S/C27H29N3O5S/c1-6-34-25-12-10-24(11-13-25)30-19(2)14-22(20(30)3)16-23(17-28)27(31)35-18-21-8-7-9-26(15-21)36(32,33)29(4)5/h7-16H,6,18H2,1-5H3/b23-16-. The topological polar surface area (TPSA) is 102 Å². The van der Waals surface area contributed by atoms with E-state index in [0.29, 0.717) is 17.7 Å². The van der Waals surface area contributed by atoms with Gasteiger partial charge in [0.1, 0.15) is 24.0 Å². The second kappa shape index (κ2) is 11.2. The maximum atomic E-state index is 12.7. The van der Waals surface area contributed by atoms with Crippen molar-refractivity contribution in [2.75, 3.05) is 20.7 Å². The van der Waals surface area contributed by atoms with Crippen molar-refractivity contribution in [2.24, 2.45) is 0 Å². The van der Waals surface area contributed by atoms with Crippen molar-refractivity contribution in [2.45, 2.75) is 32.3 Å². The molecule has 0 amide bonds. The van der Waals surface area contributed by atoms with Crippen LogP contribution in [0.25, 0.3) is 11.8 Å². The first-order chi connectivity index (χ1) is 17.1. The molecule has 36 heavy (non-hydrogen) atoms. The Hall–Kier alpha value is -3.87. The van der Waals surface area contributed by atoms with Gasteiger partial charge in [-0.25, -0.2) is 17.5 Å². The summed E-state index contributed by atoms with van der Waals surface area (Å²) in [6.07, 6.45) is 1.50. The molecule has 0 fully saturated rings. The molecule has 0 aliphatic rings. The van der Waals surface area contributed by atoms with Gasteiger partial charge < -0.3 is 14.0 Å². The average molecular weight is 508 g/mol. The van der Waals surface area contributed by atoms with Crippen LogP contribution >= 0.6 is 0 Å². The lowest BCUT2D eigenvalue weighted by Gasteiger charge is -2.12. The summed E-state index contributed by atoms with van der Waals surface area (Å²) in [6, 6.07) is 17.6. The second-order valence-electron chi connectivity index (χ2n) is 8.27. The number of carbonyl (C=O) groups excluding carboxylic acids is 1. The monoisotopic (exact) mass is 507 g/mol. The molecule has 0 saturated carbocycles. The highest BCUT2D eigenvalue weighted by Crippen LogP contribution is 2.25. The highest BCUT2D eigenvalue weighted by atomic mass is 32.2. The van der Waals surface area contributed by atoms with Gasteiger partial charge in [-0.3, -0.25) is 0 Å². The third-order valence-electron chi connectivity index (χ3n) is 5.56. The predicted molar refractivity (Wildman–Crippen MR) is 137 cm³/mol. The first-order valence-corrected chi connectivity index (χ1v) is 12.7. The predicted octanol–water partition coefficient (Wildman–Crippen LogP) is 4.39. The van der Waals surface area contributed by atoms with E-state index in [0.717, 1.165) is 27.1 Å². The molecule has 0 atom stereocenters. The van der Waals surface area contributed by atoms with Gasteiger partial charge in [0.05, 0.1) is 11.5 Å². The van der Waals surface area contributed by atoms with Gasteiger partial charge in [0.25, 0.3) is 0 Å². The quantitative estimate of drug-likeness (QED) is 0.242. The van der Waals surface area contributed by atoms with Crippen molar-refractivity contribution in [3.05, 3.63) is 82.7 Å². The van der Waals surface area contributed by atoms with Gasteiger partial charge in [0.2, 0.25) is 10.0 Å². The Morgan fingerprint density at radius 2 is 1.81 bits per heavy atom. The fourth-order valence-electron chi connectivity index (χ4n) is 3.71. The molecule has 1 heterocycles. The number of nitriles is 1. The van der Waals surface area contributed by atoms with E-state index < -0.39 is 16.0 Å². The highest BCUT2D eigenvalue weighted by Gasteiger charge is 2.18. The van der Waals surface area contributed by atoms with Crippen molar-refractivity contribution in [3.63, 3.8) is 0 Å². The number of aromatic nitrogens is 1. The lowest BCUT2D eigenvalue weighted by Crippen LogP contribution is -2.22. The minimum absolute atomic E-state index is 0.0961. The summed E-state index contributed by atoms with van der Waals surface area (Å²) in [5.74, 6) is -0.00701. The molecule has 0 N–H and O–H groups in total. The van der Waals surface area contributed by atoms with Crippen LogP contribution < -0.4 is 4.74 Å². The van der Waals surface area contributed by atoms with E-state index in [9.17, 15) is 18.5 Å². The molecular weight excluding hydrogens is 478 g/mol. The first-order valence-electron chi connectivity index (χ1n) is 11.3. The molecule has 0 spiro atoms. The number of ether oxygens (including phenoxy) is 2. The van der Waals surface area contributed by atoms with Crippen molar-refractivity contribution in [1.82, 2.24) is 8.87 Å². The number of aryl methyl sites for hydroxylation is 1. The van der Waals surface area contributed by atoms with Crippen LogP contribution in [0.3, 0.4) is 0 Å². The zero-order chi connectivity index (χ0) is 26.5. The van der Waals surface area contributed by atoms with E-state index >= 15 is 0 Å². The molecule has 1 aromatic heterocycles. The molecule has 3 aromatic rings. The van der Waals surface area contributed by atoms with Gasteiger partial charge in [-0.1, -0.05) is 12.1 Å². The maximum absolute atomic E-state index is 12.7. The summed E-state index contributed by atoms with van der Waals surface area (Å²) in [5, 5.41) is 9.61. The third-order valence-corrected chi connectivity index (χ3v) is 7.37. The van der Waals surface area contributed by atoms with Gasteiger partial charge in [0.15, 0.2) is 0 Å². The number of benzene rings is 2. The van der Waals surface area contributed by atoms with Crippen molar-refractivity contribution < 1.29 is 22.7 Å². The van der Waals surface area contributed by atoms with E-state index in [4.69, 9.17) is 9.47 Å². The number of nitrogens with zero attached hydrogens (tertiary/aromatic N) is 3. The number of hydrogen-bond acceptors (Lipinski definition) is 6. The Morgan fingerprint density at radius 1 is 1.11 bits per heavy atom. The van der Waals surface area contributed by atoms with Crippen LogP contribution in [0.2, 0.25) is 0 Å². The third kappa shape index (κ3) is 5.85. The number of esters is 1. The van der Waals surface area contributed by atoms with Crippen LogP contribution in [0.15, 0.2) is 65.1 Å². The Balaban J connectivity index is 1.80. The molecule has 0 saturated heterocycles. The lowest BCUT2D eigenvalue weighted by molar-refractivity contribution is -0.139. The van der Waals surface area contributed by atoms with Gasteiger partial charge in [-0.15, -0.1) is 0 Å². The van der Waals surface area contributed by atoms with Crippen LogP contribution in [-0.2, 0) is 26.2 Å². The number of sulfonamides is 1. The minimum atomic E-state index is -3.61. The minimum Gasteiger partial charge on any atom is -0.494 e. The molecule has 8 nitrogen and oxygen atoms in total. The zero-order valence-corrected chi connectivity index (χ0v) is 21.8. The van der Waals surface area contributed by atoms with Crippen molar-refractivity contribution in [3.8, 4) is 17.5 Å². The Labute approximate surface area is 212 Å². The van der Waals surface area contributed by atoms with Gasteiger partial charge >= 0.3 is 5.97 Å². The molecule has 0 aliphatic heterocycles. The molecule has 9 heteroatoms. The van der Waals surface area contributed by atoms with Gasteiger partial charge in [-0.05, 0) is 80.4 Å². The number of carbonyl (C=O) groups is 1. The summed E-state index contributed by atoms with van der Waals surface area (Å²) in [6.45, 7) is 6.20. The van der Waals surface area contributed by atoms with E-state index in [2.05, 4.69) is 0 Å². The van der Waals surface area contributed by atoms with E-state index in [1.807, 2.05) is 61.7 Å². The molecule has 188 valence electrons. The van der Waals surface area contributed by atoms with E-state index in [1.165, 1.54) is 32.3 Å². The normalized spacial score (nSPS) is 11.9. The SMILES string of the molecule is CCOc1ccc(-n2c(C)cc(/C=C(/C#N)C(=O)OCc3cccc(S(=O)(=O)N(C)C)c3)c2C)cc1. The van der Waals surface area contributed by atoms with Crippen molar-refractivity contribution >= 4 is 22.1 Å². The first kappa shape index (κ1) is 26.7. The maximum Gasteiger partial charge on any atom is 0.349 e. The highest BCUT2D eigenvalue weighted by molar-refractivity contribution is 7.89. The zero-order valence-electron chi connectivity index (χ0n) is 21.0. The molecular formula is C27H29N3O5S. The summed E-state index contributed by atoms with van der Waals surface area (Å²) < 4.78 is 38.7. The van der Waals surface area contributed by atoms with Crippen molar-refractivity contribution in [1.29, 1.82) is 5.26 Å². The fourth-order valence-corrected chi connectivity index (χ4v) is 4.69. The number of rotatable bonds is 9. The Bertz CT molecular complexity index is 1430. The second-order valence-corrected chi connectivity index (χ2v) is 10.4. The molecule has 0 aliphatic carbocycles. The van der Waals surface area contributed by atoms with Gasteiger partial charge in [-0.2, -0.15) is 5.26 Å². The van der Waals surface area contributed by atoms with Crippen LogP contribution in [0.5, 0.6) is 5.75 Å². The van der Waals surface area contributed by atoms with E-state index in [-0.39, 0.29) is 17.1 Å². The van der Waals surface area contributed by atoms with Crippen LogP contribution in [0.1, 0.15) is 29.4 Å². The lowest BCUT2D eigenvalue weighted by atomic mass is 10.1. The summed E-state index contributed by atoms with van der Waals surface area (Å²) in [4.78, 5) is 12.7. The summed E-state index contributed by atoms with van der Waals surface area (Å²) in [7, 11) is -0.728. The number of hydrogen-bond donors (Lipinski definition) is 0. The fraction of sp³-hybridized carbons (Fsp3) is 0.259. The molecule has 3 rings (SSSR count). The molecule has 0 bridgehead atoms. The Kier molecular flexibility index (Phi) is 8.35. The largest absolute Gasteiger partial charge is 0.494 e. The summed E-state index contributed by atoms with van der Waals surface area (Å²) >= 11 is 0. The van der Waals surface area contributed by atoms with Crippen LogP contribution in [-0.4, -0.2) is 44.0 Å². The smallest absolute Gasteiger partial charge is 0.349 e. The molecule has 2 aromatic carbocycles. The Morgan fingerprint density at radius 3 is 2.42 bits per heavy atom. The van der Waals surface area contributed by atoms with E-state index in [1.54, 1.807) is 12.1 Å². The summed E-state index contributed by atoms with van der Waals surface area (Å²) in [5.41, 5.74) is 3.79. The van der Waals surface area contributed by atoms with Gasteiger partial charge in [0, 0.05) is 31.2 Å². The van der Waals surface area contributed by atoms with Crippen LogP contribution in [0, 0.1) is 25.2 Å².